The number of esters is 1. The lowest BCUT2D eigenvalue weighted by Crippen LogP contribution is -2.26. The third-order valence-electron chi connectivity index (χ3n) is 2.79. The Morgan fingerprint density at radius 2 is 1.94 bits per heavy atom. The first kappa shape index (κ1) is 12.4. The van der Waals surface area contributed by atoms with E-state index < -0.39 is 17.8 Å². The van der Waals surface area contributed by atoms with Gasteiger partial charge in [0, 0.05) is 0 Å². The number of ether oxygens (including phenoxy) is 1. The molecule has 94 valence electrons. The van der Waals surface area contributed by atoms with Crippen LogP contribution in [0.4, 0.5) is 0 Å². The highest BCUT2D eigenvalue weighted by atomic mass is 16.5. The van der Waals surface area contributed by atoms with Crippen molar-refractivity contribution in [3.05, 3.63) is 41.0 Å². The zero-order chi connectivity index (χ0) is 13.3. The maximum absolute atomic E-state index is 11.9. The first-order valence-electron chi connectivity index (χ1n) is 5.81. The average Bonchev–Trinajstić information content (AvgIpc) is 2.67. The number of primary amides is 1. The second-order valence-corrected chi connectivity index (χ2v) is 4.52. The van der Waals surface area contributed by atoms with Gasteiger partial charge in [-0.1, -0.05) is 24.3 Å². The molecule has 0 spiro atoms. The van der Waals surface area contributed by atoms with Crippen LogP contribution in [-0.2, 0) is 14.3 Å². The van der Waals surface area contributed by atoms with Gasteiger partial charge in [0.05, 0.1) is 17.6 Å². The predicted octanol–water partition coefficient (Wildman–Crippen LogP) is 1.60. The molecule has 0 aliphatic heterocycles. The minimum absolute atomic E-state index is 0.226. The monoisotopic (exact) mass is 245 g/mol. The Morgan fingerprint density at radius 3 is 2.56 bits per heavy atom. The Hall–Kier alpha value is -2.10. The third-order valence-corrected chi connectivity index (χ3v) is 2.79. The number of carbonyl (C=O) groups is 2. The van der Waals surface area contributed by atoms with Crippen LogP contribution in [0.1, 0.15) is 30.9 Å². The molecule has 0 bridgehead atoms. The molecule has 1 aromatic rings. The Bertz CT molecular complexity index is 532. The van der Waals surface area contributed by atoms with Crippen LogP contribution in [0.2, 0.25) is 0 Å². The van der Waals surface area contributed by atoms with Gasteiger partial charge in [-0.3, -0.25) is 4.79 Å². The number of fused-ring (bicyclic) bond motifs is 1. The fourth-order valence-corrected chi connectivity index (χ4v) is 2.09. The van der Waals surface area contributed by atoms with Gasteiger partial charge in [-0.05, 0) is 31.1 Å². The minimum atomic E-state index is -0.701. The Balaban J connectivity index is 2.38. The maximum Gasteiger partial charge on any atom is 0.335 e. The van der Waals surface area contributed by atoms with Gasteiger partial charge in [0.2, 0.25) is 5.91 Å². The second-order valence-electron chi connectivity index (χ2n) is 4.52. The highest BCUT2D eigenvalue weighted by Gasteiger charge is 2.34. The molecule has 1 amide bonds. The van der Waals surface area contributed by atoms with Crippen LogP contribution in [0.5, 0.6) is 0 Å². The highest BCUT2D eigenvalue weighted by Crippen LogP contribution is 2.36. The first-order chi connectivity index (χ1) is 8.50. The molecule has 0 radical (unpaired) electrons. The lowest BCUT2D eigenvalue weighted by Gasteiger charge is -2.14. The summed E-state index contributed by atoms with van der Waals surface area (Å²) in [7, 11) is 0. The van der Waals surface area contributed by atoms with Crippen molar-refractivity contribution < 1.29 is 14.3 Å². The summed E-state index contributed by atoms with van der Waals surface area (Å²) in [4.78, 5) is 23.5. The number of benzene rings is 1. The van der Waals surface area contributed by atoms with Crippen LogP contribution in [0.15, 0.2) is 29.8 Å². The van der Waals surface area contributed by atoms with Crippen molar-refractivity contribution in [1.29, 1.82) is 0 Å². The molecule has 1 aliphatic rings. The maximum atomic E-state index is 11.9. The summed E-state index contributed by atoms with van der Waals surface area (Å²) in [6, 6.07) is 7.32. The van der Waals surface area contributed by atoms with E-state index in [4.69, 9.17) is 10.5 Å². The van der Waals surface area contributed by atoms with Crippen LogP contribution < -0.4 is 5.73 Å². The van der Waals surface area contributed by atoms with Gasteiger partial charge in [-0.25, -0.2) is 4.79 Å². The van der Waals surface area contributed by atoms with E-state index in [1.54, 1.807) is 26.0 Å². The molecule has 1 aromatic carbocycles. The normalized spacial score (nSPS) is 17.3. The SMILES string of the molecule is CC(C)OC(=O)C1=Cc2ccccc2C1C(N)=O. The van der Waals surface area contributed by atoms with E-state index in [9.17, 15) is 9.59 Å². The molecule has 4 nitrogen and oxygen atoms in total. The van der Waals surface area contributed by atoms with E-state index in [-0.39, 0.29) is 6.10 Å². The van der Waals surface area contributed by atoms with Crippen molar-refractivity contribution in [3.8, 4) is 0 Å². The molecule has 18 heavy (non-hydrogen) atoms. The molecule has 4 heteroatoms. The summed E-state index contributed by atoms with van der Waals surface area (Å²) < 4.78 is 5.13. The van der Waals surface area contributed by atoms with Crippen molar-refractivity contribution in [2.24, 2.45) is 5.73 Å². The largest absolute Gasteiger partial charge is 0.460 e. The fraction of sp³-hybridized carbons (Fsp3) is 0.286. The van der Waals surface area contributed by atoms with Gasteiger partial charge in [0.1, 0.15) is 0 Å². The summed E-state index contributed by atoms with van der Waals surface area (Å²) in [5.74, 6) is -1.72. The van der Waals surface area contributed by atoms with Crippen LogP contribution in [0.25, 0.3) is 6.08 Å². The minimum Gasteiger partial charge on any atom is -0.460 e. The molecule has 0 aromatic heterocycles. The summed E-state index contributed by atoms with van der Waals surface area (Å²) >= 11 is 0. The molecule has 0 fully saturated rings. The highest BCUT2D eigenvalue weighted by molar-refractivity contribution is 6.06. The van der Waals surface area contributed by atoms with Gasteiger partial charge in [0.25, 0.3) is 0 Å². The van der Waals surface area contributed by atoms with Gasteiger partial charge in [0.15, 0.2) is 0 Å². The van der Waals surface area contributed by atoms with E-state index in [1.165, 1.54) is 0 Å². The fourth-order valence-electron chi connectivity index (χ4n) is 2.09. The van der Waals surface area contributed by atoms with Crippen molar-refractivity contribution in [1.82, 2.24) is 0 Å². The summed E-state index contributed by atoms with van der Waals surface area (Å²) in [6.07, 6.45) is 1.45. The number of nitrogens with two attached hydrogens (primary N) is 1. The molecular weight excluding hydrogens is 230 g/mol. The van der Waals surface area contributed by atoms with Gasteiger partial charge >= 0.3 is 5.97 Å². The van der Waals surface area contributed by atoms with E-state index >= 15 is 0 Å². The lowest BCUT2D eigenvalue weighted by molar-refractivity contribution is -0.143. The Kier molecular flexibility index (Phi) is 3.19. The third kappa shape index (κ3) is 2.14. The van der Waals surface area contributed by atoms with E-state index in [1.807, 2.05) is 18.2 Å². The second kappa shape index (κ2) is 4.64. The van der Waals surface area contributed by atoms with Crippen LogP contribution in [0, 0.1) is 0 Å². The number of hydrogen-bond acceptors (Lipinski definition) is 3. The van der Waals surface area contributed by atoms with Crippen LogP contribution >= 0.6 is 0 Å². The van der Waals surface area contributed by atoms with Crippen LogP contribution in [-0.4, -0.2) is 18.0 Å². The molecule has 1 atom stereocenters. The van der Waals surface area contributed by atoms with Gasteiger partial charge in [-0.15, -0.1) is 0 Å². The zero-order valence-corrected chi connectivity index (χ0v) is 10.3. The van der Waals surface area contributed by atoms with E-state index in [0.29, 0.717) is 5.57 Å². The molecule has 2 N–H and O–H groups in total. The number of hydrogen-bond donors (Lipinski definition) is 1. The van der Waals surface area contributed by atoms with Gasteiger partial charge in [-0.2, -0.15) is 0 Å². The van der Waals surface area contributed by atoms with E-state index in [2.05, 4.69) is 0 Å². The first-order valence-corrected chi connectivity index (χ1v) is 5.81. The predicted molar refractivity (Wildman–Crippen MR) is 67.6 cm³/mol. The molecule has 1 unspecified atom stereocenters. The molecule has 0 heterocycles. The summed E-state index contributed by atoms with van der Waals surface area (Å²) in [5, 5.41) is 0. The summed E-state index contributed by atoms with van der Waals surface area (Å²) in [5.41, 5.74) is 7.31. The van der Waals surface area contributed by atoms with E-state index in [0.717, 1.165) is 11.1 Å². The van der Waals surface area contributed by atoms with Gasteiger partial charge < -0.3 is 10.5 Å². The lowest BCUT2D eigenvalue weighted by atomic mass is 9.95. The van der Waals surface area contributed by atoms with Crippen molar-refractivity contribution in [2.75, 3.05) is 0 Å². The standard InChI is InChI=1S/C14H15NO3/c1-8(2)18-14(17)11-7-9-5-3-4-6-10(9)12(11)13(15)16/h3-8,12H,1-2H3,(H2,15,16). The number of rotatable bonds is 3. The molecule has 0 saturated heterocycles. The molecular formula is C14H15NO3. The number of carbonyl (C=O) groups excluding carboxylic acids is 2. The smallest absolute Gasteiger partial charge is 0.335 e. The molecule has 0 saturated carbocycles. The van der Waals surface area contributed by atoms with Crippen LogP contribution in [0.3, 0.4) is 0 Å². The quantitative estimate of drug-likeness (QED) is 0.822. The summed E-state index contributed by atoms with van der Waals surface area (Å²) in [6.45, 7) is 3.53. The topological polar surface area (TPSA) is 69.4 Å². The molecule has 1 aliphatic carbocycles. The van der Waals surface area contributed by atoms with Crippen molar-refractivity contribution in [3.63, 3.8) is 0 Å². The Labute approximate surface area is 105 Å². The Morgan fingerprint density at radius 1 is 1.28 bits per heavy atom. The molecule has 2 rings (SSSR count). The van der Waals surface area contributed by atoms with Crippen molar-refractivity contribution in [2.45, 2.75) is 25.9 Å². The average molecular weight is 245 g/mol. The zero-order valence-electron chi connectivity index (χ0n) is 10.3. The van der Waals surface area contributed by atoms with Crippen molar-refractivity contribution >= 4 is 18.0 Å². The number of amides is 1.